The minimum atomic E-state index is -1.29. The zero-order chi connectivity index (χ0) is 40.5. The first kappa shape index (κ1) is 40.8. The number of nitrogens with one attached hydrogen (secondary N) is 1. The summed E-state index contributed by atoms with van der Waals surface area (Å²) in [6, 6.07) is 9.06. The molecular formula is C44H60N4O7. The van der Waals surface area contributed by atoms with Crippen LogP contribution in [0.1, 0.15) is 79.2 Å². The molecule has 0 aromatic heterocycles. The Hall–Kier alpha value is -3.90. The number of nitrogens with zero attached hydrogens (tertiary/aromatic N) is 1. The van der Waals surface area contributed by atoms with E-state index in [2.05, 4.69) is 17.2 Å². The number of aliphatic hydroxyl groups is 3. The van der Waals surface area contributed by atoms with Crippen LogP contribution in [0.3, 0.4) is 0 Å². The number of benzene rings is 1. The molecule has 6 rings (SSSR count). The molecule has 11 heteroatoms. The number of carbonyl (C=O) groups excluding carboxylic acids is 2. The molecule has 11 nitrogen and oxygen atoms in total. The van der Waals surface area contributed by atoms with E-state index in [-0.39, 0.29) is 48.3 Å². The smallest absolute Gasteiger partial charge is 0.331 e. The van der Waals surface area contributed by atoms with Gasteiger partial charge in [0.15, 0.2) is 11.7 Å². The maximum Gasteiger partial charge on any atom is 0.331 e. The summed E-state index contributed by atoms with van der Waals surface area (Å²) in [5.74, 6) is -3.45. The van der Waals surface area contributed by atoms with Crippen LogP contribution in [-0.4, -0.2) is 81.9 Å². The van der Waals surface area contributed by atoms with Gasteiger partial charge in [0.2, 0.25) is 0 Å². The highest BCUT2D eigenvalue weighted by Gasteiger charge is 2.76. The Labute approximate surface area is 324 Å². The van der Waals surface area contributed by atoms with Crippen molar-refractivity contribution < 1.29 is 34.8 Å². The van der Waals surface area contributed by atoms with Gasteiger partial charge in [-0.1, -0.05) is 96.2 Å². The molecule has 5 aliphatic rings. The van der Waals surface area contributed by atoms with Gasteiger partial charge in [-0.2, -0.15) is 0 Å². The average molecular weight is 757 g/mol. The normalized spacial score (nSPS) is 40.2. The molecule has 0 radical (unpaired) electrons. The molecule has 298 valence electrons. The molecule has 2 fully saturated rings. The lowest BCUT2D eigenvalue weighted by molar-refractivity contribution is -0.152. The lowest BCUT2D eigenvalue weighted by Gasteiger charge is -2.65. The van der Waals surface area contributed by atoms with E-state index in [4.69, 9.17) is 11.5 Å². The van der Waals surface area contributed by atoms with E-state index in [1.807, 2.05) is 89.3 Å². The summed E-state index contributed by atoms with van der Waals surface area (Å²) in [7, 11) is 1.72. The van der Waals surface area contributed by atoms with E-state index in [9.17, 15) is 30.0 Å². The fourth-order valence-corrected chi connectivity index (χ4v) is 12.5. The highest BCUT2D eigenvalue weighted by Crippen LogP contribution is 2.77. The van der Waals surface area contributed by atoms with Crippen LogP contribution in [0.25, 0.3) is 6.08 Å². The van der Waals surface area contributed by atoms with Crippen molar-refractivity contribution in [1.82, 2.24) is 5.32 Å². The molecule has 2 saturated carbocycles. The number of hydrogen-bond donors (Lipinski definition) is 7. The van der Waals surface area contributed by atoms with Crippen LogP contribution in [0.4, 0.5) is 0 Å². The second-order valence-electron chi connectivity index (χ2n) is 18.1. The predicted octanol–water partition coefficient (Wildman–Crippen LogP) is 4.18. The monoisotopic (exact) mass is 756 g/mol. The molecule has 1 aromatic rings. The van der Waals surface area contributed by atoms with Crippen LogP contribution in [-0.2, 0) is 14.4 Å². The molecule has 12 atom stereocenters. The number of aliphatic carboxylic acids is 1. The number of ketones is 2. The molecule has 0 heterocycles. The van der Waals surface area contributed by atoms with Gasteiger partial charge in [-0.25, -0.2) is 9.79 Å². The summed E-state index contributed by atoms with van der Waals surface area (Å²) < 4.78 is 0. The van der Waals surface area contributed by atoms with E-state index in [0.29, 0.717) is 30.5 Å². The number of carboxylic acid groups (broad SMARTS) is 1. The van der Waals surface area contributed by atoms with Gasteiger partial charge >= 0.3 is 5.97 Å². The van der Waals surface area contributed by atoms with Crippen molar-refractivity contribution in [3.05, 3.63) is 76.9 Å². The van der Waals surface area contributed by atoms with E-state index >= 15 is 4.79 Å². The third-order valence-electron chi connectivity index (χ3n) is 15.3. The van der Waals surface area contributed by atoms with Crippen molar-refractivity contribution in [1.29, 1.82) is 0 Å². The number of hydrogen-bond acceptors (Lipinski definition) is 8. The SMILES string of the molecule is CNCCC(=C[C@@H](O)[C@@H]1[C@@H](N=C(N)N)C=C[C@]2(C[C@H](O)[C@]3(C)C4=C(C(=O)C[C@]23C)[C@@]2(C)CCC(=O)C(C)(C)[C@@H]2[C@H](C=Cc2ccccc2)[C@H]4O)[C@H]1C)C(=O)O. The topological polar surface area (TPSA) is 209 Å². The number of rotatable bonds is 9. The third-order valence-corrected chi connectivity index (χ3v) is 15.3. The standard InChI is InChI=1S/C44H60N4O7/c1-24-33(29(49)21-26(38(54)55)17-20-47-7)28(48-39(45)46)15-19-44(24)23-32(52)43(6)35-34(30(50)22-42(43,44)5)41(4)18-16-31(51)40(2,3)37(41)27(36(35)53)14-13-25-11-9-8-10-12-25/h8-15,19,21,24,27-29,32-33,36-37,47,49,52-53H,16-18,20,22-23H2,1-7H3,(H,54,55)(H4,45,46,48)/t24-,27+,28-,29+,32-,33-,36+,37-,41+,42-,43+,44-/m0/s1. The van der Waals surface area contributed by atoms with Crippen LogP contribution in [0.2, 0.25) is 0 Å². The summed E-state index contributed by atoms with van der Waals surface area (Å²) in [5, 5.41) is 50.4. The van der Waals surface area contributed by atoms with Gasteiger partial charge < -0.3 is 37.2 Å². The molecule has 5 aliphatic carbocycles. The van der Waals surface area contributed by atoms with Gasteiger partial charge in [-0.15, -0.1) is 0 Å². The summed E-state index contributed by atoms with van der Waals surface area (Å²) in [6.07, 6.45) is 6.92. The first-order chi connectivity index (χ1) is 25.7. The van der Waals surface area contributed by atoms with Crippen molar-refractivity contribution in [2.45, 2.75) is 98.0 Å². The highest BCUT2D eigenvalue weighted by atomic mass is 16.4. The average Bonchev–Trinajstić information content (AvgIpc) is 3.28. The van der Waals surface area contributed by atoms with Crippen molar-refractivity contribution in [3.8, 4) is 0 Å². The lowest BCUT2D eigenvalue weighted by atomic mass is 9.38. The summed E-state index contributed by atoms with van der Waals surface area (Å²) in [6.45, 7) is 12.3. The molecule has 9 N–H and O–H groups in total. The number of carbonyl (C=O) groups is 3. The Morgan fingerprint density at radius 3 is 2.38 bits per heavy atom. The Kier molecular flexibility index (Phi) is 10.6. The van der Waals surface area contributed by atoms with Crippen LogP contribution in [0.5, 0.6) is 0 Å². The zero-order valence-corrected chi connectivity index (χ0v) is 33.3. The number of nitrogens with two attached hydrogens (primary N) is 2. The Morgan fingerprint density at radius 2 is 1.76 bits per heavy atom. The first-order valence-corrected chi connectivity index (χ1v) is 19.7. The van der Waals surface area contributed by atoms with E-state index in [1.165, 1.54) is 6.08 Å². The number of carboxylic acids is 1. The first-order valence-electron chi connectivity index (χ1n) is 19.7. The Balaban J connectivity index is 1.54. The van der Waals surface area contributed by atoms with Crippen LogP contribution >= 0.6 is 0 Å². The minimum absolute atomic E-state index is 0.0443. The fourth-order valence-electron chi connectivity index (χ4n) is 12.5. The summed E-state index contributed by atoms with van der Waals surface area (Å²) >= 11 is 0. The molecule has 1 aromatic carbocycles. The van der Waals surface area contributed by atoms with E-state index in [1.54, 1.807) is 7.05 Å². The van der Waals surface area contributed by atoms with Crippen molar-refractivity contribution in [3.63, 3.8) is 0 Å². The van der Waals surface area contributed by atoms with Crippen LogP contribution in [0.15, 0.2) is 76.3 Å². The fraction of sp³-hybridized carbons (Fsp3) is 0.591. The van der Waals surface area contributed by atoms with Gasteiger partial charge in [0.1, 0.15) is 5.78 Å². The Morgan fingerprint density at radius 1 is 1.09 bits per heavy atom. The molecule has 0 unspecified atom stereocenters. The Bertz CT molecular complexity index is 1880. The molecule has 0 aliphatic heterocycles. The maximum atomic E-state index is 15.1. The summed E-state index contributed by atoms with van der Waals surface area (Å²) in [5.41, 5.74) is 9.27. The third kappa shape index (κ3) is 5.99. The van der Waals surface area contributed by atoms with Gasteiger partial charge in [-0.05, 0) is 67.3 Å². The number of fused-ring (bicyclic) bond motifs is 5. The predicted molar refractivity (Wildman–Crippen MR) is 212 cm³/mol. The van der Waals surface area contributed by atoms with E-state index < -0.39 is 75.2 Å². The van der Waals surface area contributed by atoms with Crippen LogP contribution in [0, 0.1) is 50.7 Å². The number of allylic oxidation sites excluding steroid dienone is 2. The van der Waals surface area contributed by atoms with Crippen molar-refractivity contribution in [2.75, 3.05) is 13.6 Å². The molecular weight excluding hydrogens is 697 g/mol. The second kappa shape index (κ2) is 14.2. The largest absolute Gasteiger partial charge is 0.478 e. The second-order valence-corrected chi connectivity index (χ2v) is 18.1. The van der Waals surface area contributed by atoms with Crippen molar-refractivity contribution >= 4 is 29.6 Å². The van der Waals surface area contributed by atoms with Gasteiger partial charge in [-0.3, -0.25) is 9.59 Å². The molecule has 0 amide bonds. The molecule has 55 heavy (non-hydrogen) atoms. The van der Waals surface area contributed by atoms with Gasteiger partial charge in [0.25, 0.3) is 0 Å². The molecule has 0 saturated heterocycles. The van der Waals surface area contributed by atoms with Gasteiger partial charge in [0.05, 0.1) is 24.4 Å². The van der Waals surface area contributed by atoms with Crippen LogP contribution < -0.4 is 16.8 Å². The van der Waals surface area contributed by atoms with Crippen molar-refractivity contribution in [2.24, 2.45) is 67.2 Å². The maximum absolute atomic E-state index is 15.1. The minimum Gasteiger partial charge on any atom is -0.478 e. The number of guanidine groups is 1. The lowest BCUT2D eigenvalue weighted by Crippen LogP contribution is -2.64. The number of Topliss-reactive ketones (excluding diaryl/α,β-unsaturated/α-hetero) is 2. The quantitative estimate of drug-likeness (QED) is 0.0828. The molecule has 1 spiro atoms. The summed E-state index contributed by atoms with van der Waals surface area (Å²) in [4.78, 5) is 45.5. The zero-order valence-electron chi connectivity index (χ0n) is 33.3. The molecule has 0 bridgehead atoms. The van der Waals surface area contributed by atoms with Gasteiger partial charge in [0, 0.05) is 57.5 Å². The number of aliphatic imine (C=N–C) groups is 1. The van der Waals surface area contributed by atoms with E-state index in [0.717, 1.165) is 5.56 Å². The number of aliphatic hydroxyl groups excluding tert-OH is 3. The highest BCUT2D eigenvalue weighted by molar-refractivity contribution is 6.01.